The smallest absolute Gasteiger partial charge is 0.246 e. The van der Waals surface area contributed by atoms with Gasteiger partial charge in [-0.1, -0.05) is 121 Å². The van der Waals surface area contributed by atoms with E-state index in [9.17, 15) is 14.4 Å². The first-order valence-electron chi connectivity index (χ1n) is 16.5. The molecule has 0 saturated heterocycles. The van der Waals surface area contributed by atoms with Crippen LogP contribution in [0.2, 0.25) is 0 Å². The van der Waals surface area contributed by atoms with Crippen LogP contribution in [-0.4, -0.2) is 65.8 Å². The van der Waals surface area contributed by atoms with Gasteiger partial charge in [0.1, 0.15) is 12.1 Å². The van der Waals surface area contributed by atoms with E-state index < -0.39 is 17.6 Å². The lowest BCUT2D eigenvalue weighted by Gasteiger charge is -2.34. The van der Waals surface area contributed by atoms with Crippen molar-refractivity contribution >= 4 is 17.7 Å². The number of nitrogens with zero attached hydrogens (tertiary/aromatic N) is 2. The SMILES string of the molecule is CN(C(=O)/C=C/CC(C)(C)N)[C@H](Cc1ccc(-c2ccccc2)cc1)C(=O)N(C)[C@H](Cc1ccccc1)C(=O)NCCc1ccccc1. The molecule has 4 aromatic rings. The molecule has 3 N–H and O–H groups in total. The van der Waals surface area contributed by atoms with E-state index >= 15 is 0 Å². The first kappa shape index (κ1) is 35.8. The molecular formula is C41H48N4O3. The molecular weight excluding hydrogens is 596 g/mol. The second-order valence-corrected chi connectivity index (χ2v) is 13.0. The number of rotatable bonds is 15. The Morgan fingerprint density at radius 3 is 1.77 bits per heavy atom. The van der Waals surface area contributed by atoms with Crippen molar-refractivity contribution in [3.63, 3.8) is 0 Å². The van der Waals surface area contributed by atoms with Crippen LogP contribution in [0, 0.1) is 0 Å². The second-order valence-electron chi connectivity index (χ2n) is 13.0. The summed E-state index contributed by atoms with van der Waals surface area (Å²) in [6.07, 6.45) is 5.02. The Morgan fingerprint density at radius 2 is 1.19 bits per heavy atom. The first-order chi connectivity index (χ1) is 23.0. The normalized spacial score (nSPS) is 12.7. The number of nitrogens with two attached hydrogens (primary N) is 1. The Morgan fingerprint density at radius 1 is 0.688 bits per heavy atom. The number of carbonyl (C=O) groups is 3. The monoisotopic (exact) mass is 644 g/mol. The van der Waals surface area contributed by atoms with E-state index in [1.165, 1.54) is 15.9 Å². The molecule has 0 unspecified atom stereocenters. The van der Waals surface area contributed by atoms with Crippen LogP contribution in [0.1, 0.15) is 37.0 Å². The van der Waals surface area contributed by atoms with Gasteiger partial charge in [0, 0.05) is 39.0 Å². The summed E-state index contributed by atoms with van der Waals surface area (Å²) < 4.78 is 0. The maximum Gasteiger partial charge on any atom is 0.246 e. The van der Waals surface area contributed by atoms with Crippen LogP contribution in [-0.2, 0) is 33.6 Å². The number of hydrogen-bond acceptors (Lipinski definition) is 4. The highest BCUT2D eigenvalue weighted by molar-refractivity contribution is 5.95. The number of carbonyl (C=O) groups excluding carboxylic acids is 3. The maximum absolute atomic E-state index is 14.5. The molecule has 0 radical (unpaired) electrons. The highest BCUT2D eigenvalue weighted by atomic mass is 16.2. The van der Waals surface area contributed by atoms with Crippen LogP contribution in [0.3, 0.4) is 0 Å². The van der Waals surface area contributed by atoms with E-state index in [2.05, 4.69) is 17.4 Å². The van der Waals surface area contributed by atoms with Crippen LogP contribution in [0.25, 0.3) is 11.1 Å². The van der Waals surface area contributed by atoms with Gasteiger partial charge in [-0.25, -0.2) is 0 Å². The van der Waals surface area contributed by atoms with E-state index in [4.69, 9.17) is 5.73 Å². The minimum atomic E-state index is -0.851. The van der Waals surface area contributed by atoms with Crippen LogP contribution in [0.4, 0.5) is 0 Å². The zero-order valence-electron chi connectivity index (χ0n) is 28.5. The fourth-order valence-corrected chi connectivity index (χ4v) is 5.54. The molecule has 0 aliphatic rings. The van der Waals surface area contributed by atoms with Gasteiger partial charge in [-0.05, 0) is 60.6 Å². The summed E-state index contributed by atoms with van der Waals surface area (Å²) >= 11 is 0. The summed E-state index contributed by atoms with van der Waals surface area (Å²) in [7, 11) is 3.30. The topological polar surface area (TPSA) is 95.7 Å². The van der Waals surface area contributed by atoms with Gasteiger partial charge < -0.3 is 20.9 Å². The third-order valence-corrected chi connectivity index (χ3v) is 8.44. The summed E-state index contributed by atoms with van der Waals surface area (Å²) in [5, 5.41) is 3.06. The van der Waals surface area contributed by atoms with Crippen molar-refractivity contribution in [2.75, 3.05) is 20.6 Å². The van der Waals surface area contributed by atoms with Crippen molar-refractivity contribution in [2.45, 2.75) is 57.2 Å². The van der Waals surface area contributed by atoms with Gasteiger partial charge in [0.05, 0.1) is 0 Å². The van der Waals surface area contributed by atoms with Crippen molar-refractivity contribution in [3.8, 4) is 11.1 Å². The summed E-state index contributed by atoms with van der Waals surface area (Å²) in [6.45, 7) is 4.22. The lowest BCUT2D eigenvalue weighted by molar-refractivity contribution is -0.146. The zero-order chi connectivity index (χ0) is 34.5. The Balaban J connectivity index is 1.59. The molecule has 7 nitrogen and oxygen atoms in total. The van der Waals surface area contributed by atoms with E-state index in [1.807, 2.05) is 117 Å². The summed E-state index contributed by atoms with van der Waals surface area (Å²) in [5.41, 5.74) is 10.8. The van der Waals surface area contributed by atoms with Gasteiger partial charge in [-0.15, -0.1) is 0 Å². The van der Waals surface area contributed by atoms with Crippen molar-refractivity contribution < 1.29 is 14.4 Å². The van der Waals surface area contributed by atoms with E-state index in [1.54, 1.807) is 20.2 Å². The summed E-state index contributed by atoms with van der Waals surface area (Å²) in [6, 6.07) is 36.1. The number of likely N-dealkylation sites (N-methyl/N-ethyl adjacent to an activating group) is 2. The molecule has 0 aliphatic carbocycles. The van der Waals surface area contributed by atoms with Crippen LogP contribution in [0.5, 0.6) is 0 Å². The molecule has 2 atom stereocenters. The van der Waals surface area contributed by atoms with Gasteiger partial charge in [-0.2, -0.15) is 0 Å². The molecule has 0 aromatic heterocycles. The molecule has 7 heteroatoms. The fourth-order valence-electron chi connectivity index (χ4n) is 5.54. The average molecular weight is 645 g/mol. The molecule has 48 heavy (non-hydrogen) atoms. The molecule has 250 valence electrons. The van der Waals surface area contributed by atoms with E-state index in [-0.39, 0.29) is 24.1 Å². The van der Waals surface area contributed by atoms with Crippen molar-refractivity contribution in [1.29, 1.82) is 0 Å². The van der Waals surface area contributed by atoms with E-state index in [0.29, 0.717) is 25.8 Å². The predicted octanol–water partition coefficient (Wildman–Crippen LogP) is 5.84. The largest absolute Gasteiger partial charge is 0.354 e. The summed E-state index contributed by atoms with van der Waals surface area (Å²) in [5.74, 6) is -0.862. The maximum atomic E-state index is 14.5. The fraction of sp³-hybridized carbons (Fsp3) is 0.293. The summed E-state index contributed by atoms with van der Waals surface area (Å²) in [4.78, 5) is 44.6. The minimum Gasteiger partial charge on any atom is -0.354 e. The Labute approximate surface area is 285 Å². The lowest BCUT2D eigenvalue weighted by Crippen LogP contribution is -2.56. The van der Waals surface area contributed by atoms with E-state index in [0.717, 1.165) is 27.8 Å². The second kappa shape index (κ2) is 17.2. The number of hydrogen-bond donors (Lipinski definition) is 2. The Hall–Kier alpha value is -5.01. The average Bonchev–Trinajstić information content (AvgIpc) is 3.09. The van der Waals surface area contributed by atoms with Gasteiger partial charge in [0.25, 0.3) is 0 Å². The van der Waals surface area contributed by atoms with Crippen LogP contribution < -0.4 is 11.1 Å². The van der Waals surface area contributed by atoms with Crippen LogP contribution in [0.15, 0.2) is 127 Å². The van der Waals surface area contributed by atoms with Crippen molar-refractivity contribution in [3.05, 3.63) is 144 Å². The van der Waals surface area contributed by atoms with Gasteiger partial charge in [0.2, 0.25) is 17.7 Å². The predicted molar refractivity (Wildman–Crippen MR) is 194 cm³/mol. The third kappa shape index (κ3) is 10.8. The minimum absolute atomic E-state index is 0.240. The number of nitrogens with one attached hydrogen (secondary N) is 1. The molecule has 0 fully saturated rings. The molecule has 0 aliphatic heterocycles. The number of benzene rings is 4. The Bertz CT molecular complexity index is 1630. The van der Waals surface area contributed by atoms with Crippen molar-refractivity contribution in [2.24, 2.45) is 5.73 Å². The van der Waals surface area contributed by atoms with Crippen molar-refractivity contribution in [1.82, 2.24) is 15.1 Å². The lowest BCUT2D eigenvalue weighted by atomic mass is 9.98. The molecule has 0 spiro atoms. The first-order valence-corrected chi connectivity index (χ1v) is 16.5. The molecule has 0 bridgehead atoms. The molecule has 0 heterocycles. The number of amides is 3. The zero-order valence-corrected chi connectivity index (χ0v) is 28.5. The van der Waals surface area contributed by atoms with Crippen LogP contribution >= 0.6 is 0 Å². The van der Waals surface area contributed by atoms with Gasteiger partial charge >= 0.3 is 0 Å². The molecule has 4 aromatic carbocycles. The standard InChI is InChI=1S/C41H48N4O3/c1-41(2,42)27-14-21-38(46)44(3)37(30-33-22-24-35(25-23-33)34-19-12-7-13-20-34)40(48)45(4)36(29-32-17-10-6-11-18-32)39(47)43-28-26-31-15-8-5-9-16-31/h5-25,36-37H,26-30,42H2,1-4H3,(H,43,47)/b21-14+/t36-,37-/m1/s1. The van der Waals surface area contributed by atoms with Gasteiger partial charge in [-0.3, -0.25) is 14.4 Å². The highest BCUT2D eigenvalue weighted by Gasteiger charge is 2.34. The molecule has 4 rings (SSSR count). The molecule has 3 amide bonds. The molecule has 0 saturated carbocycles. The Kier molecular flexibility index (Phi) is 12.9. The quantitative estimate of drug-likeness (QED) is 0.159. The third-order valence-electron chi connectivity index (χ3n) is 8.44. The van der Waals surface area contributed by atoms with Gasteiger partial charge in [0.15, 0.2) is 0 Å². The highest BCUT2D eigenvalue weighted by Crippen LogP contribution is 2.21.